The van der Waals surface area contributed by atoms with E-state index in [-0.39, 0.29) is 29.5 Å². The number of anilines is 3. The molecule has 2 amide bonds. The van der Waals surface area contributed by atoms with E-state index in [4.69, 9.17) is 0 Å². The minimum atomic E-state index is -0.610. The fraction of sp³-hybridized carbons (Fsp3) is 0.440. The molecule has 174 valence electrons. The number of likely N-dealkylation sites (tertiary alicyclic amines) is 1. The Morgan fingerprint density at radius 2 is 1.85 bits per heavy atom. The first-order chi connectivity index (χ1) is 15.7. The number of amides is 2. The van der Waals surface area contributed by atoms with Gasteiger partial charge in [0.15, 0.2) is 0 Å². The Balaban J connectivity index is 1.23. The van der Waals surface area contributed by atoms with Crippen LogP contribution in [-0.4, -0.2) is 48.9 Å². The zero-order valence-corrected chi connectivity index (χ0v) is 18.9. The second-order valence-electron chi connectivity index (χ2n) is 9.67. The Kier molecular flexibility index (Phi) is 5.26. The van der Waals surface area contributed by atoms with Crippen molar-refractivity contribution in [3.05, 3.63) is 53.1 Å². The van der Waals surface area contributed by atoms with Gasteiger partial charge in [0.1, 0.15) is 17.7 Å². The number of aryl methyl sites for hydroxylation is 1. The van der Waals surface area contributed by atoms with Crippen molar-refractivity contribution in [2.24, 2.45) is 5.41 Å². The van der Waals surface area contributed by atoms with E-state index in [1.165, 1.54) is 18.2 Å². The van der Waals surface area contributed by atoms with Crippen molar-refractivity contribution in [1.82, 2.24) is 4.90 Å². The average Bonchev–Trinajstić information content (AvgIpc) is 3.21. The molecular formula is C25H28F2N4O2. The van der Waals surface area contributed by atoms with Gasteiger partial charge in [0, 0.05) is 67.6 Å². The smallest absolute Gasteiger partial charge is 0.247 e. The van der Waals surface area contributed by atoms with Gasteiger partial charge in [-0.15, -0.1) is 0 Å². The average molecular weight is 455 g/mol. The minimum Gasteiger partial charge on any atom is -0.373 e. The van der Waals surface area contributed by atoms with Crippen molar-refractivity contribution in [3.63, 3.8) is 0 Å². The number of halogens is 2. The van der Waals surface area contributed by atoms with E-state index in [0.29, 0.717) is 16.9 Å². The molecule has 3 heterocycles. The topological polar surface area (TPSA) is 64.7 Å². The van der Waals surface area contributed by atoms with Crippen LogP contribution in [0, 0.1) is 24.0 Å². The number of rotatable bonds is 3. The highest BCUT2D eigenvalue weighted by Gasteiger charge is 2.45. The summed E-state index contributed by atoms with van der Waals surface area (Å²) in [6, 6.07) is 7.06. The molecule has 0 bridgehead atoms. The van der Waals surface area contributed by atoms with Crippen molar-refractivity contribution in [2.75, 3.05) is 41.7 Å². The van der Waals surface area contributed by atoms with Crippen LogP contribution in [0.25, 0.3) is 0 Å². The van der Waals surface area contributed by atoms with Gasteiger partial charge in [-0.05, 0) is 49.6 Å². The fourth-order valence-electron chi connectivity index (χ4n) is 5.34. The first kappa shape index (κ1) is 21.7. The number of nitrogens with one attached hydrogen (secondary N) is 2. The van der Waals surface area contributed by atoms with E-state index < -0.39 is 11.9 Å². The third kappa shape index (κ3) is 4.03. The van der Waals surface area contributed by atoms with E-state index in [1.54, 1.807) is 19.1 Å². The summed E-state index contributed by atoms with van der Waals surface area (Å²) in [6.07, 6.45) is 2.15. The van der Waals surface area contributed by atoms with Gasteiger partial charge in [0.05, 0.1) is 0 Å². The number of carbonyl (C=O) groups excluding carboxylic acids is 2. The lowest BCUT2D eigenvalue weighted by Crippen LogP contribution is -2.60. The normalized spacial score (nSPS) is 20.8. The van der Waals surface area contributed by atoms with E-state index in [9.17, 15) is 18.4 Å². The van der Waals surface area contributed by atoms with E-state index in [2.05, 4.69) is 15.5 Å². The molecule has 5 rings (SSSR count). The summed E-state index contributed by atoms with van der Waals surface area (Å²) in [5, 5.41) is 5.90. The molecule has 0 saturated carbocycles. The highest BCUT2D eigenvalue weighted by Crippen LogP contribution is 2.43. The molecular weight excluding hydrogens is 426 g/mol. The molecule has 2 aromatic rings. The Labute approximate surface area is 191 Å². The lowest BCUT2D eigenvalue weighted by molar-refractivity contribution is -0.131. The molecule has 2 fully saturated rings. The van der Waals surface area contributed by atoms with Crippen molar-refractivity contribution < 1.29 is 18.4 Å². The van der Waals surface area contributed by atoms with Gasteiger partial charge in [-0.1, -0.05) is 6.07 Å². The summed E-state index contributed by atoms with van der Waals surface area (Å²) in [4.78, 5) is 28.4. The second-order valence-corrected chi connectivity index (χ2v) is 9.67. The first-order valence-corrected chi connectivity index (χ1v) is 11.4. The Morgan fingerprint density at radius 3 is 2.52 bits per heavy atom. The van der Waals surface area contributed by atoms with Gasteiger partial charge >= 0.3 is 0 Å². The van der Waals surface area contributed by atoms with Gasteiger partial charge in [0.2, 0.25) is 11.8 Å². The molecule has 1 unspecified atom stereocenters. The number of benzene rings is 2. The predicted molar refractivity (Wildman–Crippen MR) is 123 cm³/mol. The first-order valence-electron chi connectivity index (χ1n) is 11.4. The van der Waals surface area contributed by atoms with Gasteiger partial charge in [0.25, 0.3) is 0 Å². The maximum Gasteiger partial charge on any atom is 0.247 e. The Bertz CT molecular complexity index is 1090. The Morgan fingerprint density at radius 1 is 1.12 bits per heavy atom. The quantitative estimate of drug-likeness (QED) is 0.743. The van der Waals surface area contributed by atoms with Crippen molar-refractivity contribution in [1.29, 1.82) is 0 Å². The molecule has 8 heteroatoms. The summed E-state index contributed by atoms with van der Waals surface area (Å²) in [6.45, 7) is 6.63. The van der Waals surface area contributed by atoms with E-state index in [0.717, 1.165) is 50.3 Å². The maximum absolute atomic E-state index is 14.4. The molecule has 3 aliphatic heterocycles. The summed E-state index contributed by atoms with van der Waals surface area (Å²) in [7, 11) is 0. The molecule has 1 atom stereocenters. The fourth-order valence-corrected chi connectivity index (χ4v) is 5.34. The summed E-state index contributed by atoms with van der Waals surface area (Å²) >= 11 is 0. The lowest BCUT2D eigenvalue weighted by atomic mass is 9.71. The highest BCUT2D eigenvalue weighted by atomic mass is 19.1. The third-order valence-corrected chi connectivity index (χ3v) is 7.34. The van der Waals surface area contributed by atoms with Crippen LogP contribution in [-0.2, 0) is 16.0 Å². The molecule has 3 aliphatic rings. The van der Waals surface area contributed by atoms with E-state index >= 15 is 0 Å². The highest BCUT2D eigenvalue weighted by molar-refractivity contribution is 5.98. The van der Waals surface area contributed by atoms with Gasteiger partial charge in [-0.25, -0.2) is 8.78 Å². The SMILES string of the molecule is CC(=O)N1CCC2(CC1)CN(c1cc(F)cc(NC(=O)C3Cc4c(F)ccc(C)c4N3)c1)C2. The van der Waals surface area contributed by atoms with Crippen LogP contribution in [0.15, 0.2) is 30.3 Å². The zero-order chi connectivity index (χ0) is 23.3. The number of hydrogen-bond acceptors (Lipinski definition) is 4. The molecule has 0 aliphatic carbocycles. The number of carbonyl (C=O) groups is 2. The van der Waals surface area contributed by atoms with Crippen LogP contribution in [0.2, 0.25) is 0 Å². The molecule has 2 N–H and O–H groups in total. The largest absolute Gasteiger partial charge is 0.373 e. The van der Waals surface area contributed by atoms with Gasteiger partial charge in [-0.3, -0.25) is 9.59 Å². The predicted octanol–water partition coefficient (Wildman–Crippen LogP) is 3.70. The number of hydrogen-bond donors (Lipinski definition) is 2. The number of piperidine rings is 1. The maximum atomic E-state index is 14.4. The third-order valence-electron chi connectivity index (χ3n) is 7.34. The molecule has 0 radical (unpaired) electrons. The van der Waals surface area contributed by atoms with Gasteiger partial charge < -0.3 is 20.4 Å². The van der Waals surface area contributed by atoms with Crippen LogP contribution >= 0.6 is 0 Å². The molecule has 0 aromatic heterocycles. The number of fused-ring (bicyclic) bond motifs is 1. The summed E-state index contributed by atoms with van der Waals surface area (Å²) in [5.74, 6) is -0.950. The van der Waals surface area contributed by atoms with Crippen LogP contribution in [0.1, 0.15) is 30.9 Å². The van der Waals surface area contributed by atoms with Crippen molar-refractivity contribution in [3.8, 4) is 0 Å². The van der Waals surface area contributed by atoms with Crippen LogP contribution < -0.4 is 15.5 Å². The molecule has 6 nitrogen and oxygen atoms in total. The van der Waals surface area contributed by atoms with Crippen LogP contribution in [0.4, 0.5) is 25.8 Å². The minimum absolute atomic E-state index is 0.115. The molecule has 33 heavy (non-hydrogen) atoms. The van der Waals surface area contributed by atoms with Gasteiger partial charge in [-0.2, -0.15) is 0 Å². The summed E-state index contributed by atoms with van der Waals surface area (Å²) in [5.41, 5.74) is 3.35. The molecule has 1 spiro atoms. The van der Waals surface area contributed by atoms with Crippen molar-refractivity contribution >= 4 is 28.9 Å². The summed E-state index contributed by atoms with van der Waals surface area (Å²) < 4.78 is 28.5. The zero-order valence-electron chi connectivity index (χ0n) is 18.9. The lowest BCUT2D eigenvalue weighted by Gasteiger charge is -2.55. The van der Waals surface area contributed by atoms with Crippen molar-refractivity contribution in [2.45, 2.75) is 39.2 Å². The van der Waals surface area contributed by atoms with Crippen LogP contribution in [0.3, 0.4) is 0 Å². The standard InChI is InChI=1S/C25H28F2N4O2/c1-15-3-4-21(27)20-12-22(29-23(15)20)24(33)28-18-9-17(26)10-19(11-18)31-13-25(14-31)5-7-30(8-6-25)16(2)32/h3-4,9-11,22,29H,5-8,12-14H2,1-2H3,(H,28,33). The second kappa shape index (κ2) is 8.01. The van der Waals surface area contributed by atoms with Crippen LogP contribution in [0.5, 0.6) is 0 Å². The van der Waals surface area contributed by atoms with E-state index in [1.807, 2.05) is 11.8 Å². The molecule has 2 saturated heterocycles. The monoisotopic (exact) mass is 454 g/mol. The number of nitrogens with zero attached hydrogens (tertiary/aromatic N) is 2. The Hall–Kier alpha value is -3.16. The molecule has 2 aromatic carbocycles.